The molecule has 1 amide bonds. The summed E-state index contributed by atoms with van der Waals surface area (Å²) in [6, 6.07) is 1.59. The zero-order valence-electron chi connectivity index (χ0n) is 9.07. The van der Waals surface area contributed by atoms with Crippen molar-refractivity contribution >= 4 is 23.3 Å². The van der Waals surface area contributed by atoms with Gasteiger partial charge in [0.1, 0.15) is 5.82 Å². The van der Waals surface area contributed by atoms with Crippen molar-refractivity contribution in [2.45, 2.75) is 19.8 Å². The molecule has 5 nitrogen and oxygen atoms in total. The Morgan fingerprint density at radius 3 is 3.12 bits per heavy atom. The Morgan fingerprint density at radius 2 is 2.44 bits per heavy atom. The lowest BCUT2D eigenvalue weighted by Gasteiger charge is -2.04. The van der Waals surface area contributed by atoms with Gasteiger partial charge in [-0.3, -0.25) is 4.79 Å². The third-order valence-electron chi connectivity index (χ3n) is 1.79. The molecule has 16 heavy (non-hydrogen) atoms. The fourth-order valence-electron chi connectivity index (χ4n) is 1.09. The normalized spacial score (nSPS) is 10.1. The minimum absolute atomic E-state index is 0.102. The summed E-state index contributed by atoms with van der Waals surface area (Å²) in [4.78, 5) is 19.0. The average molecular weight is 244 g/mol. The molecule has 0 aromatic carbocycles. The first kappa shape index (κ1) is 12.9. The van der Waals surface area contributed by atoms with Crippen LogP contribution in [0.2, 0.25) is 5.28 Å². The fourth-order valence-corrected chi connectivity index (χ4v) is 1.24. The number of amides is 1. The van der Waals surface area contributed by atoms with Gasteiger partial charge in [-0.15, -0.1) is 0 Å². The first-order valence-corrected chi connectivity index (χ1v) is 5.46. The monoisotopic (exact) mass is 243 g/mol. The van der Waals surface area contributed by atoms with Crippen molar-refractivity contribution in [3.63, 3.8) is 0 Å². The van der Waals surface area contributed by atoms with E-state index < -0.39 is 0 Å². The van der Waals surface area contributed by atoms with Crippen LogP contribution in [0.25, 0.3) is 0 Å². The molecule has 0 aliphatic carbocycles. The van der Waals surface area contributed by atoms with E-state index in [4.69, 9.17) is 16.3 Å². The third-order valence-corrected chi connectivity index (χ3v) is 1.97. The van der Waals surface area contributed by atoms with Crippen LogP contribution < -0.4 is 5.32 Å². The minimum Gasteiger partial charge on any atom is -0.382 e. The summed E-state index contributed by atoms with van der Waals surface area (Å²) in [5.74, 6) is 0.316. The second kappa shape index (κ2) is 7.14. The number of anilines is 1. The van der Waals surface area contributed by atoms with Crippen LogP contribution in [0.15, 0.2) is 12.3 Å². The van der Waals surface area contributed by atoms with Crippen LogP contribution in [0.5, 0.6) is 0 Å². The highest BCUT2D eigenvalue weighted by molar-refractivity contribution is 6.28. The van der Waals surface area contributed by atoms with E-state index in [1.165, 1.54) is 6.20 Å². The van der Waals surface area contributed by atoms with Crippen molar-refractivity contribution in [2.24, 2.45) is 0 Å². The molecular formula is C10H14ClN3O2. The van der Waals surface area contributed by atoms with E-state index in [9.17, 15) is 4.79 Å². The number of hydrogen-bond donors (Lipinski definition) is 1. The quantitative estimate of drug-likeness (QED) is 0.612. The first-order valence-electron chi connectivity index (χ1n) is 5.08. The number of carbonyl (C=O) groups excluding carboxylic acids is 1. The van der Waals surface area contributed by atoms with Crippen LogP contribution in [0, 0.1) is 0 Å². The van der Waals surface area contributed by atoms with Crippen molar-refractivity contribution in [1.82, 2.24) is 9.97 Å². The van der Waals surface area contributed by atoms with Gasteiger partial charge in [0.25, 0.3) is 0 Å². The summed E-state index contributed by atoms with van der Waals surface area (Å²) in [5, 5.41) is 2.75. The van der Waals surface area contributed by atoms with E-state index in [0.717, 1.165) is 0 Å². The molecule has 1 aromatic rings. The molecule has 1 heterocycles. The maximum Gasteiger partial charge on any atom is 0.225 e. The SMILES string of the molecule is CCOCCCC(=O)Nc1ccnc(Cl)n1. The number of aromatic nitrogens is 2. The highest BCUT2D eigenvalue weighted by atomic mass is 35.5. The summed E-state index contributed by atoms with van der Waals surface area (Å²) in [6.45, 7) is 3.18. The zero-order valence-corrected chi connectivity index (χ0v) is 9.83. The number of ether oxygens (including phenoxy) is 1. The number of carbonyl (C=O) groups is 1. The van der Waals surface area contributed by atoms with E-state index in [1.807, 2.05) is 6.92 Å². The van der Waals surface area contributed by atoms with Crippen LogP contribution in [-0.2, 0) is 9.53 Å². The maximum atomic E-state index is 11.4. The van der Waals surface area contributed by atoms with Crippen molar-refractivity contribution in [3.05, 3.63) is 17.5 Å². The molecule has 0 unspecified atom stereocenters. The van der Waals surface area contributed by atoms with Crippen molar-refractivity contribution in [3.8, 4) is 0 Å². The second-order valence-corrected chi connectivity index (χ2v) is 3.40. The molecule has 1 rings (SSSR count). The van der Waals surface area contributed by atoms with Crippen molar-refractivity contribution in [2.75, 3.05) is 18.5 Å². The molecule has 0 bridgehead atoms. The van der Waals surface area contributed by atoms with Crippen LogP contribution in [0.1, 0.15) is 19.8 Å². The number of hydrogen-bond acceptors (Lipinski definition) is 4. The Kier molecular flexibility index (Phi) is 5.74. The Balaban J connectivity index is 2.29. The predicted octanol–water partition coefficient (Wildman–Crippen LogP) is 1.89. The maximum absolute atomic E-state index is 11.4. The lowest BCUT2D eigenvalue weighted by atomic mass is 10.3. The molecule has 0 radical (unpaired) electrons. The molecule has 0 aliphatic rings. The molecule has 1 aromatic heterocycles. The first-order chi connectivity index (χ1) is 7.72. The molecule has 0 fully saturated rings. The van der Waals surface area contributed by atoms with Crippen LogP contribution in [-0.4, -0.2) is 29.1 Å². The standard InChI is InChI=1S/C10H14ClN3O2/c1-2-16-7-3-4-9(15)13-8-5-6-12-10(11)14-8/h5-6H,2-4,7H2,1H3,(H,12,13,14,15). The lowest BCUT2D eigenvalue weighted by molar-refractivity contribution is -0.116. The highest BCUT2D eigenvalue weighted by Gasteiger charge is 2.03. The number of nitrogens with zero attached hydrogens (tertiary/aromatic N) is 2. The summed E-state index contributed by atoms with van der Waals surface area (Å²) < 4.78 is 5.13. The Morgan fingerprint density at radius 1 is 1.62 bits per heavy atom. The molecule has 0 atom stereocenters. The lowest BCUT2D eigenvalue weighted by Crippen LogP contribution is -2.13. The molecule has 6 heteroatoms. The molecule has 88 valence electrons. The predicted molar refractivity (Wildman–Crippen MR) is 61.4 cm³/mol. The number of rotatable bonds is 6. The highest BCUT2D eigenvalue weighted by Crippen LogP contribution is 2.06. The average Bonchev–Trinajstić information content (AvgIpc) is 2.24. The van der Waals surface area contributed by atoms with Crippen molar-refractivity contribution < 1.29 is 9.53 Å². The van der Waals surface area contributed by atoms with Gasteiger partial charge in [-0.25, -0.2) is 9.97 Å². The molecule has 0 spiro atoms. The van der Waals surface area contributed by atoms with E-state index in [2.05, 4.69) is 15.3 Å². The Hall–Kier alpha value is -1.20. The van der Waals surface area contributed by atoms with Gasteiger partial charge in [0.05, 0.1) is 0 Å². The number of halogens is 1. The van der Waals surface area contributed by atoms with E-state index >= 15 is 0 Å². The Labute approximate surface area is 99.2 Å². The summed E-state index contributed by atoms with van der Waals surface area (Å²) >= 11 is 5.58. The summed E-state index contributed by atoms with van der Waals surface area (Å²) in [7, 11) is 0. The molecule has 0 aliphatic heterocycles. The number of nitrogens with one attached hydrogen (secondary N) is 1. The van der Waals surface area contributed by atoms with Gasteiger partial charge in [-0.2, -0.15) is 0 Å². The van der Waals surface area contributed by atoms with E-state index in [-0.39, 0.29) is 11.2 Å². The smallest absolute Gasteiger partial charge is 0.225 e. The third kappa shape index (κ3) is 5.04. The van der Waals surface area contributed by atoms with Crippen molar-refractivity contribution in [1.29, 1.82) is 0 Å². The summed E-state index contributed by atoms with van der Waals surface area (Å²) in [6.07, 6.45) is 2.59. The minimum atomic E-state index is -0.102. The fraction of sp³-hybridized carbons (Fsp3) is 0.500. The van der Waals surface area contributed by atoms with Gasteiger partial charge in [0.15, 0.2) is 0 Å². The summed E-state index contributed by atoms with van der Waals surface area (Å²) in [5.41, 5.74) is 0. The van der Waals surface area contributed by atoms with Crippen LogP contribution in [0.4, 0.5) is 5.82 Å². The molecule has 0 saturated carbocycles. The van der Waals surface area contributed by atoms with Gasteiger partial charge in [-0.05, 0) is 31.0 Å². The van der Waals surface area contributed by atoms with Crippen LogP contribution in [0.3, 0.4) is 0 Å². The molecule has 1 N–H and O–H groups in total. The van der Waals surface area contributed by atoms with E-state index in [0.29, 0.717) is 31.9 Å². The largest absolute Gasteiger partial charge is 0.382 e. The van der Waals surface area contributed by atoms with E-state index in [1.54, 1.807) is 6.07 Å². The second-order valence-electron chi connectivity index (χ2n) is 3.06. The van der Waals surface area contributed by atoms with Crippen LogP contribution >= 0.6 is 11.6 Å². The topological polar surface area (TPSA) is 64.1 Å². The molecular weight excluding hydrogens is 230 g/mol. The zero-order chi connectivity index (χ0) is 11.8. The van der Waals surface area contributed by atoms with Gasteiger partial charge in [-0.1, -0.05) is 0 Å². The Bertz CT molecular complexity index is 347. The van der Waals surface area contributed by atoms with Gasteiger partial charge >= 0.3 is 0 Å². The van der Waals surface area contributed by atoms with Gasteiger partial charge in [0, 0.05) is 25.8 Å². The van der Waals surface area contributed by atoms with Gasteiger partial charge < -0.3 is 10.1 Å². The van der Waals surface area contributed by atoms with Gasteiger partial charge in [0.2, 0.25) is 11.2 Å². The molecule has 0 saturated heterocycles.